The summed E-state index contributed by atoms with van der Waals surface area (Å²) in [5, 5.41) is 4.27. The molecule has 4 heteroatoms. The van der Waals surface area contributed by atoms with Gasteiger partial charge in [0.15, 0.2) is 5.96 Å². The molecule has 0 saturated carbocycles. The van der Waals surface area contributed by atoms with Crippen molar-refractivity contribution in [2.24, 2.45) is 10.7 Å². The second-order valence-corrected chi connectivity index (χ2v) is 4.41. The number of guanidine groups is 1. The Morgan fingerprint density at radius 2 is 2.28 bits per heavy atom. The molecule has 0 bridgehead atoms. The number of aliphatic imine (C=N–C) groups is 1. The van der Waals surface area contributed by atoms with Crippen LogP contribution in [0.15, 0.2) is 29.4 Å². The van der Waals surface area contributed by atoms with Crippen molar-refractivity contribution in [3.05, 3.63) is 35.5 Å². The molecule has 0 spiro atoms. The Kier molecular flexibility index (Phi) is 3.87. The molecule has 4 nitrogen and oxygen atoms in total. The molecule has 2 aromatic rings. The van der Waals surface area contributed by atoms with E-state index in [0.29, 0.717) is 12.5 Å². The molecule has 1 aromatic carbocycles. The standard InChI is InChI=1S/C14H20N4/c1-3-16-14(15)17-7-6-11-9-18-13-8-10(2)4-5-12(11)13/h4-5,8-9,18H,3,6-7H2,1-2H3,(H3,15,16,17). The molecule has 4 N–H and O–H groups in total. The molecule has 18 heavy (non-hydrogen) atoms. The maximum atomic E-state index is 5.69. The van der Waals surface area contributed by atoms with Gasteiger partial charge in [0, 0.05) is 30.2 Å². The summed E-state index contributed by atoms with van der Waals surface area (Å²) in [4.78, 5) is 7.58. The van der Waals surface area contributed by atoms with Crippen molar-refractivity contribution in [2.45, 2.75) is 20.3 Å². The zero-order chi connectivity index (χ0) is 13.0. The minimum Gasteiger partial charge on any atom is -0.370 e. The van der Waals surface area contributed by atoms with E-state index in [0.717, 1.165) is 13.0 Å². The van der Waals surface area contributed by atoms with Crippen LogP contribution in [0.1, 0.15) is 18.1 Å². The lowest BCUT2D eigenvalue weighted by Crippen LogP contribution is -2.31. The summed E-state index contributed by atoms with van der Waals surface area (Å²) in [5.41, 5.74) is 9.43. The van der Waals surface area contributed by atoms with E-state index < -0.39 is 0 Å². The highest BCUT2D eigenvalue weighted by molar-refractivity contribution is 5.84. The molecule has 0 atom stereocenters. The molecule has 0 saturated heterocycles. The van der Waals surface area contributed by atoms with E-state index in [2.05, 4.69) is 46.6 Å². The summed E-state index contributed by atoms with van der Waals surface area (Å²) in [6.07, 6.45) is 2.96. The topological polar surface area (TPSA) is 66.2 Å². The first-order chi connectivity index (χ1) is 8.70. The molecule has 0 aliphatic heterocycles. The van der Waals surface area contributed by atoms with Crippen LogP contribution in [0.2, 0.25) is 0 Å². The van der Waals surface area contributed by atoms with Crippen LogP contribution in [-0.4, -0.2) is 24.0 Å². The number of aryl methyl sites for hydroxylation is 1. The third-order valence-electron chi connectivity index (χ3n) is 2.94. The van der Waals surface area contributed by atoms with Crippen LogP contribution in [0.5, 0.6) is 0 Å². The third-order valence-corrected chi connectivity index (χ3v) is 2.94. The number of aromatic nitrogens is 1. The first kappa shape index (κ1) is 12.5. The molecule has 0 aliphatic carbocycles. The molecule has 96 valence electrons. The van der Waals surface area contributed by atoms with Gasteiger partial charge in [-0.3, -0.25) is 4.99 Å². The second-order valence-electron chi connectivity index (χ2n) is 4.41. The van der Waals surface area contributed by atoms with Crippen LogP contribution in [0.4, 0.5) is 0 Å². The van der Waals surface area contributed by atoms with E-state index in [1.54, 1.807) is 0 Å². The van der Waals surface area contributed by atoms with Gasteiger partial charge in [0.05, 0.1) is 0 Å². The fourth-order valence-corrected chi connectivity index (χ4v) is 2.04. The molecular formula is C14H20N4. The molecule has 1 heterocycles. The predicted octanol–water partition coefficient (Wildman–Crippen LogP) is 1.94. The van der Waals surface area contributed by atoms with Gasteiger partial charge < -0.3 is 16.0 Å². The van der Waals surface area contributed by atoms with Gasteiger partial charge >= 0.3 is 0 Å². The fraction of sp³-hybridized carbons (Fsp3) is 0.357. The van der Waals surface area contributed by atoms with Gasteiger partial charge in [0.2, 0.25) is 0 Å². The normalized spacial score (nSPS) is 12.0. The lowest BCUT2D eigenvalue weighted by molar-refractivity contribution is 0.908. The Morgan fingerprint density at radius 3 is 3.06 bits per heavy atom. The van der Waals surface area contributed by atoms with E-state index in [1.807, 2.05) is 6.92 Å². The fourth-order valence-electron chi connectivity index (χ4n) is 2.04. The minimum atomic E-state index is 0.521. The largest absolute Gasteiger partial charge is 0.370 e. The van der Waals surface area contributed by atoms with Crippen LogP contribution in [0.3, 0.4) is 0 Å². The van der Waals surface area contributed by atoms with Gasteiger partial charge in [0.1, 0.15) is 0 Å². The van der Waals surface area contributed by atoms with Crippen LogP contribution >= 0.6 is 0 Å². The number of H-pyrrole nitrogens is 1. The summed E-state index contributed by atoms with van der Waals surface area (Å²) >= 11 is 0. The van der Waals surface area contributed by atoms with Gasteiger partial charge in [-0.2, -0.15) is 0 Å². The number of nitrogens with two attached hydrogens (primary N) is 1. The zero-order valence-electron chi connectivity index (χ0n) is 11.0. The number of hydrogen-bond donors (Lipinski definition) is 3. The minimum absolute atomic E-state index is 0.521. The molecule has 0 fully saturated rings. The molecule has 0 aliphatic rings. The van der Waals surface area contributed by atoms with E-state index in [-0.39, 0.29) is 0 Å². The quantitative estimate of drug-likeness (QED) is 0.568. The van der Waals surface area contributed by atoms with Crippen molar-refractivity contribution in [3.63, 3.8) is 0 Å². The first-order valence-corrected chi connectivity index (χ1v) is 6.31. The first-order valence-electron chi connectivity index (χ1n) is 6.31. The lowest BCUT2D eigenvalue weighted by Gasteiger charge is -2.01. The number of nitrogens with one attached hydrogen (secondary N) is 2. The molecule has 1 aromatic heterocycles. The van der Waals surface area contributed by atoms with Gasteiger partial charge in [-0.1, -0.05) is 12.1 Å². The molecular weight excluding hydrogens is 224 g/mol. The number of aromatic amines is 1. The van der Waals surface area contributed by atoms with Crippen molar-refractivity contribution < 1.29 is 0 Å². The van der Waals surface area contributed by atoms with Gasteiger partial charge in [0.25, 0.3) is 0 Å². The predicted molar refractivity (Wildman–Crippen MR) is 76.9 cm³/mol. The Balaban J connectivity index is 2.06. The molecule has 0 radical (unpaired) electrons. The monoisotopic (exact) mass is 244 g/mol. The summed E-state index contributed by atoms with van der Waals surface area (Å²) in [6, 6.07) is 6.46. The van der Waals surface area contributed by atoms with E-state index >= 15 is 0 Å². The van der Waals surface area contributed by atoms with Gasteiger partial charge in [-0.05, 0) is 37.5 Å². The Hall–Kier alpha value is -1.97. The van der Waals surface area contributed by atoms with Crippen LogP contribution < -0.4 is 11.1 Å². The Bertz CT molecular complexity index is 554. The third kappa shape index (κ3) is 2.83. The number of benzene rings is 1. The van der Waals surface area contributed by atoms with Crippen molar-refractivity contribution in [3.8, 4) is 0 Å². The summed E-state index contributed by atoms with van der Waals surface area (Å²) in [5.74, 6) is 0.521. The molecule has 2 rings (SSSR count). The van der Waals surface area contributed by atoms with E-state index in [1.165, 1.54) is 22.0 Å². The Morgan fingerprint density at radius 1 is 1.44 bits per heavy atom. The smallest absolute Gasteiger partial charge is 0.188 e. The van der Waals surface area contributed by atoms with Crippen molar-refractivity contribution in [1.29, 1.82) is 0 Å². The van der Waals surface area contributed by atoms with Crippen molar-refractivity contribution >= 4 is 16.9 Å². The van der Waals surface area contributed by atoms with E-state index in [9.17, 15) is 0 Å². The number of nitrogens with zero attached hydrogens (tertiary/aromatic N) is 1. The summed E-state index contributed by atoms with van der Waals surface area (Å²) in [6.45, 7) is 5.62. The Labute approximate surface area is 107 Å². The SMILES string of the molecule is CCNC(N)=NCCc1c[nH]c2cc(C)ccc12. The highest BCUT2D eigenvalue weighted by Gasteiger charge is 2.03. The summed E-state index contributed by atoms with van der Waals surface area (Å²) < 4.78 is 0. The van der Waals surface area contributed by atoms with Crippen molar-refractivity contribution in [2.75, 3.05) is 13.1 Å². The highest BCUT2D eigenvalue weighted by Crippen LogP contribution is 2.19. The van der Waals surface area contributed by atoms with Gasteiger partial charge in [-0.25, -0.2) is 0 Å². The van der Waals surface area contributed by atoms with Gasteiger partial charge in [-0.15, -0.1) is 0 Å². The highest BCUT2D eigenvalue weighted by atomic mass is 15.1. The lowest BCUT2D eigenvalue weighted by atomic mass is 10.1. The van der Waals surface area contributed by atoms with Crippen LogP contribution in [0, 0.1) is 6.92 Å². The van der Waals surface area contributed by atoms with Crippen LogP contribution in [0.25, 0.3) is 10.9 Å². The second kappa shape index (κ2) is 5.58. The maximum absolute atomic E-state index is 5.69. The molecule has 0 unspecified atom stereocenters. The van der Waals surface area contributed by atoms with Crippen molar-refractivity contribution in [1.82, 2.24) is 10.3 Å². The molecule has 0 amide bonds. The number of rotatable bonds is 4. The maximum Gasteiger partial charge on any atom is 0.188 e. The number of hydrogen-bond acceptors (Lipinski definition) is 1. The average molecular weight is 244 g/mol. The van der Waals surface area contributed by atoms with E-state index in [4.69, 9.17) is 5.73 Å². The average Bonchev–Trinajstić information content (AvgIpc) is 2.72. The summed E-state index contributed by atoms with van der Waals surface area (Å²) in [7, 11) is 0. The number of fused-ring (bicyclic) bond motifs is 1. The van der Waals surface area contributed by atoms with Crippen LogP contribution in [-0.2, 0) is 6.42 Å². The zero-order valence-corrected chi connectivity index (χ0v) is 11.0.